The molecule has 0 aromatic heterocycles. The normalized spacial score (nSPS) is 38.1. The van der Waals surface area contributed by atoms with Gasteiger partial charge >= 0.3 is 0 Å². The smallest absolute Gasteiger partial charge is 0.0658 e. The van der Waals surface area contributed by atoms with Gasteiger partial charge in [-0.1, -0.05) is 99.8 Å². The summed E-state index contributed by atoms with van der Waals surface area (Å²) in [5.74, 6) is 4.29. The summed E-state index contributed by atoms with van der Waals surface area (Å²) in [5.41, 5.74) is 0.0435. The van der Waals surface area contributed by atoms with Gasteiger partial charge in [0.25, 0.3) is 0 Å². The molecule has 2 heteroatoms. The van der Waals surface area contributed by atoms with Crippen LogP contribution in [0.3, 0.4) is 0 Å². The molecule has 2 nitrogen and oxygen atoms in total. The lowest BCUT2D eigenvalue weighted by Crippen LogP contribution is -2.56. The lowest BCUT2D eigenvalue weighted by molar-refractivity contribution is -0.216. The third kappa shape index (κ3) is 8.02. The van der Waals surface area contributed by atoms with Crippen molar-refractivity contribution in [2.45, 2.75) is 144 Å². The molecule has 2 aliphatic rings. The van der Waals surface area contributed by atoms with Crippen LogP contribution >= 0.6 is 0 Å². The molecule has 1 aliphatic carbocycles. The van der Waals surface area contributed by atoms with Crippen LogP contribution < -0.4 is 0 Å². The molecule has 1 saturated carbocycles. The summed E-state index contributed by atoms with van der Waals surface area (Å²) in [6.07, 6.45) is 14.8. The van der Waals surface area contributed by atoms with E-state index in [4.69, 9.17) is 4.74 Å². The van der Waals surface area contributed by atoms with Gasteiger partial charge < -0.3 is 9.84 Å². The molecule has 1 heterocycles. The third-order valence-electron chi connectivity index (χ3n) is 9.22. The fourth-order valence-corrected chi connectivity index (χ4v) is 6.50. The second kappa shape index (κ2) is 12.4. The molecule has 0 aromatic rings. The van der Waals surface area contributed by atoms with Crippen molar-refractivity contribution in [2.75, 3.05) is 0 Å². The fraction of sp³-hybridized carbons (Fsp3) is 1.00. The van der Waals surface area contributed by atoms with Crippen LogP contribution in [0.4, 0.5) is 0 Å². The molecule has 9 atom stereocenters. The SMILES string of the molecule is CC(C)CCC[C@@H](C)CCC[C@@H](C)CCC[C@]1(C)CCC2C(C)C(O)C(C)C(C)C2O1. The predicted octanol–water partition coefficient (Wildman–Crippen LogP) is 8.26. The topological polar surface area (TPSA) is 29.5 Å². The minimum absolute atomic E-state index is 0.0435. The van der Waals surface area contributed by atoms with Gasteiger partial charge in [-0.2, -0.15) is 0 Å². The Morgan fingerprint density at radius 3 is 1.94 bits per heavy atom. The van der Waals surface area contributed by atoms with E-state index in [1.54, 1.807) is 0 Å². The van der Waals surface area contributed by atoms with Crippen LogP contribution in [0.15, 0.2) is 0 Å². The molecule has 0 aromatic carbocycles. The fourth-order valence-electron chi connectivity index (χ4n) is 6.50. The van der Waals surface area contributed by atoms with Gasteiger partial charge in [0.1, 0.15) is 0 Å². The quantitative estimate of drug-likeness (QED) is 0.333. The monoisotopic (exact) mass is 436 g/mol. The predicted molar refractivity (Wildman–Crippen MR) is 134 cm³/mol. The third-order valence-corrected chi connectivity index (χ3v) is 9.22. The number of rotatable bonds is 12. The summed E-state index contributed by atoms with van der Waals surface area (Å²) in [7, 11) is 0. The van der Waals surface area contributed by atoms with Crippen LogP contribution in [0, 0.1) is 41.4 Å². The maximum Gasteiger partial charge on any atom is 0.0658 e. The number of aliphatic hydroxyl groups is 1. The molecule has 1 N–H and O–H groups in total. The highest BCUT2D eigenvalue weighted by atomic mass is 16.5. The van der Waals surface area contributed by atoms with Gasteiger partial charge in [0.2, 0.25) is 0 Å². The molecule has 2 fully saturated rings. The second-order valence-electron chi connectivity index (χ2n) is 12.7. The number of hydrogen-bond acceptors (Lipinski definition) is 2. The summed E-state index contributed by atoms with van der Waals surface area (Å²) in [4.78, 5) is 0. The van der Waals surface area contributed by atoms with Gasteiger partial charge in [0, 0.05) is 0 Å². The Morgan fingerprint density at radius 1 is 0.806 bits per heavy atom. The van der Waals surface area contributed by atoms with Gasteiger partial charge in [0.15, 0.2) is 0 Å². The summed E-state index contributed by atoms with van der Waals surface area (Å²) in [6, 6.07) is 0. The molecule has 31 heavy (non-hydrogen) atoms. The zero-order chi connectivity index (χ0) is 23.2. The number of fused-ring (bicyclic) bond motifs is 1. The first-order chi connectivity index (χ1) is 14.5. The van der Waals surface area contributed by atoms with Gasteiger partial charge in [-0.15, -0.1) is 0 Å². The minimum Gasteiger partial charge on any atom is -0.393 e. The van der Waals surface area contributed by atoms with Crippen molar-refractivity contribution in [1.29, 1.82) is 0 Å². The zero-order valence-electron chi connectivity index (χ0n) is 22.3. The van der Waals surface area contributed by atoms with E-state index in [-0.39, 0.29) is 11.7 Å². The Kier molecular flexibility index (Phi) is 10.9. The second-order valence-corrected chi connectivity index (χ2v) is 12.7. The average Bonchev–Trinajstić information content (AvgIpc) is 2.70. The van der Waals surface area contributed by atoms with E-state index in [1.165, 1.54) is 64.2 Å². The van der Waals surface area contributed by atoms with Crippen LogP contribution in [-0.2, 0) is 4.74 Å². The first kappa shape index (κ1) is 27.2. The van der Waals surface area contributed by atoms with Gasteiger partial charge in [-0.05, 0) is 67.6 Å². The van der Waals surface area contributed by atoms with Crippen molar-refractivity contribution in [3.8, 4) is 0 Å². The van der Waals surface area contributed by atoms with E-state index in [1.807, 2.05) is 0 Å². The molecule has 1 aliphatic heterocycles. The Balaban J connectivity index is 1.66. The molecule has 0 bridgehead atoms. The van der Waals surface area contributed by atoms with Crippen LogP contribution in [0.2, 0.25) is 0 Å². The molecule has 1 saturated heterocycles. The molecular formula is C29H56O2. The number of ether oxygens (including phenoxy) is 1. The number of hydrogen-bond donors (Lipinski definition) is 1. The van der Waals surface area contributed by atoms with E-state index in [9.17, 15) is 5.11 Å². The summed E-state index contributed by atoms with van der Waals surface area (Å²) < 4.78 is 6.82. The highest BCUT2D eigenvalue weighted by Crippen LogP contribution is 2.48. The molecule has 2 rings (SSSR count). The first-order valence-corrected chi connectivity index (χ1v) is 13.9. The molecule has 184 valence electrons. The zero-order valence-corrected chi connectivity index (χ0v) is 22.3. The average molecular weight is 437 g/mol. The van der Waals surface area contributed by atoms with Gasteiger partial charge in [0.05, 0.1) is 17.8 Å². The van der Waals surface area contributed by atoms with Crippen molar-refractivity contribution >= 4 is 0 Å². The lowest BCUT2D eigenvalue weighted by Gasteiger charge is -2.53. The summed E-state index contributed by atoms with van der Waals surface area (Å²) in [6.45, 7) is 18.7. The lowest BCUT2D eigenvalue weighted by atomic mass is 9.63. The molecule has 0 radical (unpaired) electrons. The standard InChI is InChI=1S/C29H56O2/c1-20(2)12-9-13-21(3)14-10-15-22(4)16-11-18-29(8)19-17-26-25(7)27(30)23(5)24(6)28(26)31-29/h20-28,30H,9-19H2,1-8H3/t21-,22-,23?,24?,25?,26?,27?,28?,29-/m1/s1. The molecule has 0 amide bonds. The Labute approximate surface area is 195 Å². The highest BCUT2D eigenvalue weighted by molar-refractivity contribution is 4.98. The molecular weight excluding hydrogens is 380 g/mol. The van der Waals surface area contributed by atoms with E-state index >= 15 is 0 Å². The van der Waals surface area contributed by atoms with E-state index < -0.39 is 0 Å². The van der Waals surface area contributed by atoms with Crippen LogP contribution in [0.5, 0.6) is 0 Å². The van der Waals surface area contributed by atoms with Crippen molar-refractivity contribution in [3.63, 3.8) is 0 Å². The van der Waals surface area contributed by atoms with Crippen LogP contribution in [0.1, 0.15) is 126 Å². The summed E-state index contributed by atoms with van der Waals surface area (Å²) in [5, 5.41) is 10.6. The minimum atomic E-state index is -0.164. The van der Waals surface area contributed by atoms with Crippen molar-refractivity contribution < 1.29 is 9.84 Å². The summed E-state index contributed by atoms with van der Waals surface area (Å²) >= 11 is 0. The van der Waals surface area contributed by atoms with E-state index in [0.717, 1.165) is 24.2 Å². The van der Waals surface area contributed by atoms with Crippen LogP contribution in [-0.4, -0.2) is 22.9 Å². The van der Waals surface area contributed by atoms with Crippen molar-refractivity contribution in [1.82, 2.24) is 0 Å². The largest absolute Gasteiger partial charge is 0.393 e. The Hall–Kier alpha value is -0.0800. The molecule has 6 unspecified atom stereocenters. The maximum absolute atomic E-state index is 10.6. The van der Waals surface area contributed by atoms with Gasteiger partial charge in [-0.25, -0.2) is 0 Å². The van der Waals surface area contributed by atoms with Crippen LogP contribution in [0.25, 0.3) is 0 Å². The first-order valence-electron chi connectivity index (χ1n) is 13.9. The van der Waals surface area contributed by atoms with E-state index in [0.29, 0.717) is 29.8 Å². The maximum atomic E-state index is 10.6. The van der Waals surface area contributed by atoms with Crippen molar-refractivity contribution in [2.24, 2.45) is 41.4 Å². The van der Waals surface area contributed by atoms with Crippen molar-refractivity contribution in [3.05, 3.63) is 0 Å². The number of aliphatic hydroxyl groups excluding tert-OH is 1. The highest BCUT2D eigenvalue weighted by Gasteiger charge is 2.50. The van der Waals surface area contributed by atoms with Gasteiger partial charge in [-0.3, -0.25) is 0 Å². The van der Waals surface area contributed by atoms with E-state index in [2.05, 4.69) is 55.4 Å². The molecule has 0 spiro atoms. The Morgan fingerprint density at radius 2 is 1.35 bits per heavy atom. The Bertz CT molecular complexity index is 503.